The largest absolute Gasteiger partial charge is 0.297 e. The molecule has 0 N–H and O–H groups in total. The van der Waals surface area contributed by atoms with Gasteiger partial charge in [0.25, 0.3) is 0 Å². The first kappa shape index (κ1) is 10.5. The molecule has 1 saturated carbocycles. The molecule has 0 amide bonds. The summed E-state index contributed by atoms with van der Waals surface area (Å²) in [6.45, 7) is 2.20. The van der Waals surface area contributed by atoms with Crippen LogP contribution < -0.4 is 0 Å². The van der Waals surface area contributed by atoms with Gasteiger partial charge >= 0.3 is 0 Å². The van der Waals surface area contributed by atoms with Crippen LogP contribution in [0.3, 0.4) is 0 Å². The van der Waals surface area contributed by atoms with Gasteiger partial charge in [-0.05, 0) is 19.8 Å². The monoisotopic (exact) mass is 279 g/mol. The minimum Gasteiger partial charge on any atom is -0.297 e. The van der Waals surface area contributed by atoms with Crippen LogP contribution >= 0.6 is 22.6 Å². The molecule has 1 aliphatic rings. The van der Waals surface area contributed by atoms with Gasteiger partial charge in [-0.25, -0.2) is 0 Å². The molecule has 1 nitrogen and oxygen atoms in total. The van der Waals surface area contributed by atoms with Crippen LogP contribution in [0.1, 0.15) is 39.0 Å². The zero-order valence-corrected chi connectivity index (χ0v) is 10.2. The maximum atomic E-state index is 4.37. The predicted octanol–water partition coefficient (Wildman–Crippen LogP) is 3.46. The summed E-state index contributed by atoms with van der Waals surface area (Å²) in [4.78, 5) is 4.37. The van der Waals surface area contributed by atoms with E-state index in [9.17, 15) is 0 Å². The Hall–Kier alpha value is 0.400. The Balaban J connectivity index is 2.73. The van der Waals surface area contributed by atoms with Crippen LogP contribution in [0.25, 0.3) is 0 Å². The number of rotatable bonds is 2. The topological polar surface area (TPSA) is 12.4 Å². The van der Waals surface area contributed by atoms with Crippen LogP contribution in [-0.2, 0) is 0 Å². The lowest BCUT2D eigenvalue weighted by atomic mass is 9.73. The molecule has 1 fully saturated rings. The summed E-state index contributed by atoms with van der Waals surface area (Å²) in [7, 11) is 1.93. The molecule has 1 rings (SSSR count). The standard InChI is InChI=1S/C10H18IN/c1-9(12-2)10(8-11)6-4-3-5-7-10/h3-8H2,1-2H3. The van der Waals surface area contributed by atoms with Crippen molar-refractivity contribution in [3.63, 3.8) is 0 Å². The molecule has 0 unspecified atom stereocenters. The van der Waals surface area contributed by atoms with Crippen molar-refractivity contribution in [2.45, 2.75) is 39.0 Å². The predicted molar refractivity (Wildman–Crippen MR) is 63.4 cm³/mol. The van der Waals surface area contributed by atoms with E-state index < -0.39 is 0 Å². The molecule has 2 heteroatoms. The van der Waals surface area contributed by atoms with E-state index in [1.807, 2.05) is 7.05 Å². The van der Waals surface area contributed by atoms with Crippen molar-refractivity contribution in [3.05, 3.63) is 0 Å². The number of aliphatic imine (C=N–C) groups is 1. The van der Waals surface area contributed by atoms with Gasteiger partial charge < -0.3 is 0 Å². The van der Waals surface area contributed by atoms with E-state index in [1.165, 1.54) is 42.2 Å². The first-order chi connectivity index (χ1) is 5.75. The molecule has 0 saturated heterocycles. The zero-order chi connectivity index (χ0) is 9.03. The van der Waals surface area contributed by atoms with Gasteiger partial charge in [0, 0.05) is 22.6 Å². The van der Waals surface area contributed by atoms with Crippen molar-refractivity contribution >= 4 is 28.3 Å². The van der Waals surface area contributed by atoms with Crippen LogP contribution in [0.2, 0.25) is 0 Å². The molecule has 0 aromatic heterocycles. The molecule has 0 radical (unpaired) electrons. The van der Waals surface area contributed by atoms with Gasteiger partial charge in [-0.3, -0.25) is 4.99 Å². The fraction of sp³-hybridized carbons (Fsp3) is 0.900. The molecule has 12 heavy (non-hydrogen) atoms. The van der Waals surface area contributed by atoms with E-state index in [0.29, 0.717) is 5.41 Å². The highest BCUT2D eigenvalue weighted by Crippen LogP contribution is 2.39. The van der Waals surface area contributed by atoms with E-state index in [1.54, 1.807) is 0 Å². The minimum absolute atomic E-state index is 0.466. The Bertz CT molecular complexity index is 169. The van der Waals surface area contributed by atoms with Gasteiger partial charge in [0.15, 0.2) is 0 Å². The first-order valence-electron chi connectivity index (χ1n) is 4.75. The number of halogens is 1. The van der Waals surface area contributed by atoms with Crippen molar-refractivity contribution in [2.75, 3.05) is 11.5 Å². The average molecular weight is 279 g/mol. The molecular weight excluding hydrogens is 261 g/mol. The minimum atomic E-state index is 0.466. The van der Waals surface area contributed by atoms with Crippen molar-refractivity contribution in [1.82, 2.24) is 0 Å². The SMILES string of the molecule is CN=C(C)C1(CI)CCCCC1. The fourth-order valence-electron chi connectivity index (χ4n) is 2.06. The van der Waals surface area contributed by atoms with Gasteiger partial charge in [-0.2, -0.15) is 0 Å². The highest BCUT2D eigenvalue weighted by Gasteiger charge is 2.33. The zero-order valence-electron chi connectivity index (χ0n) is 8.07. The summed E-state index contributed by atoms with van der Waals surface area (Å²) in [5.74, 6) is 0. The van der Waals surface area contributed by atoms with Gasteiger partial charge in [0.05, 0.1) is 0 Å². The molecule has 70 valence electrons. The van der Waals surface area contributed by atoms with E-state index >= 15 is 0 Å². The maximum absolute atomic E-state index is 4.37. The van der Waals surface area contributed by atoms with E-state index in [0.717, 1.165) is 0 Å². The van der Waals surface area contributed by atoms with Crippen molar-refractivity contribution in [1.29, 1.82) is 0 Å². The second-order valence-corrected chi connectivity index (χ2v) is 4.55. The smallest absolute Gasteiger partial charge is 0.0276 e. The molecule has 0 atom stereocenters. The molecule has 0 aromatic carbocycles. The highest BCUT2D eigenvalue weighted by atomic mass is 127. The molecular formula is C10H18IN. The van der Waals surface area contributed by atoms with E-state index in [2.05, 4.69) is 34.5 Å². The maximum Gasteiger partial charge on any atom is 0.0276 e. The summed E-state index contributed by atoms with van der Waals surface area (Å²) in [5.41, 5.74) is 1.84. The average Bonchev–Trinajstić information content (AvgIpc) is 2.17. The number of hydrogen-bond acceptors (Lipinski definition) is 1. The van der Waals surface area contributed by atoms with Crippen LogP contribution in [0.15, 0.2) is 4.99 Å². The fourth-order valence-corrected chi connectivity index (χ4v) is 3.37. The Morgan fingerprint density at radius 2 is 1.92 bits per heavy atom. The van der Waals surface area contributed by atoms with Crippen LogP contribution in [0, 0.1) is 5.41 Å². The third kappa shape index (κ3) is 2.01. The summed E-state index contributed by atoms with van der Waals surface area (Å²) in [5, 5.41) is 0. The van der Waals surface area contributed by atoms with Gasteiger partial charge in [-0.1, -0.05) is 41.9 Å². The Morgan fingerprint density at radius 3 is 2.33 bits per heavy atom. The summed E-state index contributed by atoms with van der Waals surface area (Å²) in [6, 6.07) is 0. The van der Waals surface area contributed by atoms with Crippen LogP contribution in [-0.4, -0.2) is 17.2 Å². The second-order valence-electron chi connectivity index (χ2n) is 3.78. The summed E-state index contributed by atoms with van der Waals surface area (Å²) in [6.07, 6.45) is 6.94. The number of nitrogens with zero attached hydrogens (tertiary/aromatic N) is 1. The third-order valence-electron chi connectivity index (χ3n) is 3.17. The van der Waals surface area contributed by atoms with Gasteiger partial charge in [0.1, 0.15) is 0 Å². The lowest BCUT2D eigenvalue weighted by Crippen LogP contribution is -2.33. The number of hydrogen-bond donors (Lipinski definition) is 0. The van der Waals surface area contributed by atoms with Crippen molar-refractivity contribution in [2.24, 2.45) is 10.4 Å². The normalized spacial score (nSPS) is 24.1. The van der Waals surface area contributed by atoms with Crippen molar-refractivity contribution in [3.8, 4) is 0 Å². The Morgan fingerprint density at radius 1 is 1.33 bits per heavy atom. The summed E-state index contributed by atoms with van der Waals surface area (Å²) < 4.78 is 1.24. The van der Waals surface area contributed by atoms with Gasteiger partial charge in [-0.15, -0.1) is 0 Å². The molecule has 0 aromatic rings. The molecule has 0 aliphatic heterocycles. The highest BCUT2D eigenvalue weighted by molar-refractivity contribution is 14.1. The lowest BCUT2D eigenvalue weighted by Gasteiger charge is -2.35. The molecule has 0 bridgehead atoms. The third-order valence-corrected chi connectivity index (χ3v) is 4.63. The van der Waals surface area contributed by atoms with Crippen LogP contribution in [0.5, 0.6) is 0 Å². The first-order valence-corrected chi connectivity index (χ1v) is 6.27. The Kier molecular flexibility index (Phi) is 4.00. The Labute approximate surface area is 89.2 Å². The lowest BCUT2D eigenvalue weighted by molar-refractivity contribution is 0.321. The molecule has 0 spiro atoms. The van der Waals surface area contributed by atoms with Crippen molar-refractivity contribution < 1.29 is 0 Å². The van der Waals surface area contributed by atoms with E-state index in [-0.39, 0.29) is 0 Å². The van der Waals surface area contributed by atoms with Gasteiger partial charge in [0.2, 0.25) is 0 Å². The van der Waals surface area contributed by atoms with Crippen LogP contribution in [0.4, 0.5) is 0 Å². The molecule has 0 heterocycles. The number of alkyl halides is 1. The van der Waals surface area contributed by atoms with E-state index in [4.69, 9.17) is 0 Å². The summed E-state index contributed by atoms with van der Waals surface area (Å²) >= 11 is 2.52. The molecule has 1 aliphatic carbocycles. The second kappa shape index (κ2) is 4.58. The quantitative estimate of drug-likeness (QED) is 0.417.